The highest BCUT2D eigenvalue weighted by molar-refractivity contribution is 7.84. The van der Waals surface area contributed by atoms with Crippen LogP contribution in [-0.4, -0.2) is 0 Å². The van der Waals surface area contributed by atoms with Crippen molar-refractivity contribution in [2.45, 2.75) is 20.8 Å². The maximum Gasteiger partial charge on any atom is 0.0627 e. The van der Waals surface area contributed by atoms with E-state index in [4.69, 9.17) is 11.5 Å². The average Bonchev–Trinajstić information content (AvgIpc) is 1.91. The van der Waals surface area contributed by atoms with E-state index in [9.17, 15) is 0 Å². The van der Waals surface area contributed by atoms with Crippen LogP contribution >= 0.6 is 12.6 Å². The van der Waals surface area contributed by atoms with E-state index in [0.717, 1.165) is 5.57 Å². The van der Waals surface area contributed by atoms with E-state index < -0.39 is 0 Å². The number of nitrogens with two attached hydrogens (primary N) is 2. The van der Waals surface area contributed by atoms with E-state index in [2.05, 4.69) is 12.6 Å². The van der Waals surface area contributed by atoms with Gasteiger partial charge in [0.25, 0.3) is 0 Å². The van der Waals surface area contributed by atoms with E-state index in [1.54, 1.807) is 6.08 Å². The molecule has 0 aliphatic heterocycles. The van der Waals surface area contributed by atoms with Crippen molar-refractivity contribution in [1.29, 1.82) is 0 Å². The van der Waals surface area contributed by atoms with Crippen molar-refractivity contribution in [2.24, 2.45) is 11.5 Å². The van der Waals surface area contributed by atoms with Gasteiger partial charge in [-0.15, -0.1) is 12.6 Å². The van der Waals surface area contributed by atoms with Gasteiger partial charge in [0.15, 0.2) is 0 Å². The topological polar surface area (TPSA) is 52.0 Å². The molecule has 0 radical (unpaired) electrons. The summed E-state index contributed by atoms with van der Waals surface area (Å²) in [6.45, 7) is 5.85. The summed E-state index contributed by atoms with van der Waals surface area (Å²) in [5, 5.41) is 0.476. The van der Waals surface area contributed by atoms with Gasteiger partial charge in [0.2, 0.25) is 0 Å². The molecule has 4 N–H and O–H groups in total. The first kappa shape index (κ1) is 12.1. The molecule has 0 aromatic heterocycles. The first-order valence-corrected chi connectivity index (χ1v) is 3.66. The number of allylic oxidation sites excluding steroid dienone is 2. The van der Waals surface area contributed by atoms with Gasteiger partial charge in [-0.1, -0.05) is 13.8 Å². The Morgan fingerprint density at radius 1 is 1.40 bits per heavy atom. The predicted octanol–water partition coefficient (Wildman–Crippen LogP) is 1.60. The quantitative estimate of drug-likeness (QED) is 0.403. The van der Waals surface area contributed by atoms with Crippen molar-refractivity contribution in [3.63, 3.8) is 0 Å². The molecular formula is C7H16N2S. The number of hydrogen-bond acceptors (Lipinski definition) is 3. The molecule has 0 unspecified atom stereocenters. The van der Waals surface area contributed by atoms with Gasteiger partial charge >= 0.3 is 0 Å². The van der Waals surface area contributed by atoms with E-state index in [1.807, 2.05) is 20.8 Å². The summed E-state index contributed by atoms with van der Waals surface area (Å²) in [5.74, 6) is 0. The molecule has 10 heavy (non-hydrogen) atoms. The fourth-order valence-electron chi connectivity index (χ4n) is 0.281. The van der Waals surface area contributed by atoms with Crippen LogP contribution in [-0.2, 0) is 0 Å². The Hall–Kier alpha value is -0.570. The van der Waals surface area contributed by atoms with Crippen molar-refractivity contribution in [2.75, 3.05) is 0 Å². The third-order valence-corrected chi connectivity index (χ3v) is 0.768. The van der Waals surface area contributed by atoms with E-state index in [-0.39, 0.29) is 0 Å². The predicted molar refractivity (Wildman–Crippen MR) is 50.5 cm³/mol. The summed E-state index contributed by atoms with van der Waals surface area (Å²) < 4.78 is 0. The van der Waals surface area contributed by atoms with Crippen molar-refractivity contribution in [3.05, 3.63) is 22.9 Å². The molecule has 0 fully saturated rings. The maximum atomic E-state index is 5.20. The molecule has 0 saturated carbocycles. The van der Waals surface area contributed by atoms with Crippen LogP contribution < -0.4 is 11.5 Å². The Kier molecular flexibility index (Phi) is 10.2. The molecule has 0 aromatic rings. The molecule has 0 spiro atoms. The second-order valence-electron chi connectivity index (χ2n) is 1.48. The molecule has 60 valence electrons. The molecule has 0 aromatic carbocycles. The van der Waals surface area contributed by atoms with E-state index >= 15 is 0 Å². The lowest BCUT2D eigenvalue weighted by molar-refractivity contribution is 1.40. The van der Waals surface area contributed by atoms with Crippen LogP contribution in [0.2, 0.25) is 0 Å². The van der Waals surface area contributed by atoms with Gasteiger partial charge < -0.3 is 11.5 Å². The average molecular weight is 160 g/mol. The summed E-state index contributed by atoms with van der Waals surface area (Å²) in [4.78, 5) is 0. The highest BCUT2D eigenvalue weighted by Crippen LogP contribution is 1.96. The van der Waals surface area contributed by atoms with Crippen LogP contribution in [0.25, 0.3) is 0 Å². The summed E-state index contributed by atoms with van der Waals surface area (Å²) in [5.41, 5.74) is 11.2. The highest BCUT2D eigenvalue weighted by Gasteiger charge is 1.78. The van der Waals surface area contributed by atoms with Gasteiger partial charge in [-0.3, -0.25) is 0 Å². The van der Waals surface area contributed by atoms with Gasteiger partial charge in [0.1, 0.15) is 0 Å². The number of thiol groups is 1. The number of hydrogen-bond donors (Lipinski definition) is 3. The highest BCUT2D eigenvalue weighted by atomic mass is 32.1. The standard InChI is InChI=1S/C5H10N2S.C2H6/c1-4(3-6)2-5(7)8;1-2/h2-3,8H,6-7H2,1H3;1-2H3/b4-3-,5-2+;. The first-order chi connectivity index (χ1) is 4.66. The Morgan fingerprint density at radius 2 is 1.80 bits per heavy atom. The Labute approximate surface area is 68.4 Å². The fraction of sp³-hybridized carbons (Fsp3) is 0.429. The smallest absolute Gasteiger partial charge is 0.0627 e. The molecule has 0 rings (SSSR count). The van der Waals surface area contributed by atoms with Crippen LogP contribution in [0.1, 0.15) is 20.8 Å². The largest absolute Gasteiger partial charge is 0.404 e. The normalized spacial score (nSPS) is 12.0. The second kappa shape index (κ2) is 8.43. The van der Waals surface area contributed by atoms with Crippen LogP contribution in [0.4, 0.5) is 0 Å². The van der Waals surface area contributed by atoms with Gasteiger partial charge in [-0.2, -0.15) is 0 Å². The monoisotopic (exact) mass is 160 g/mol. The van der Waals surface area contributed by atoms with Crippen molar-refractivity contribution >= 4 is 12.6 Å². The van der Waals surface area contributed by atoms with Crippen LogP contribution in [0.15, 0.2) is 22.9 Å². The molecular weight excluding hydrogens is 144 g/mol. The lowest BCUT2D eigenvalue weighted by Crippen LogP contribution is -1.88. The van der Waals surface area contributed by atoms with Crippen molar-refractivity contribution in [3.8, 4) is 0 Å². The van der Waals surface area contributed by atoms with Gasteiger partial charge in [0, 0.05) is 0 Å². The van der Waals surface area contributed by atoms with Gasteiger partial charge in [-0.05, 0) is 24.8 Å². The van der Waals surface area contributed by atoms with Crippen LogP contribution in [0.5, 0.6) is 0 Å². The summed E-state index contributed by atoms with van der Waals surface area (Å²) in [7, 11) is 0. The third-order valence-electron chi connectivity index (χ3n) is 0.638. The van der Waals surface area contributed by atoms with Gasteiger partial charge in [0.05, 0.1) is 5.03 Å². The van der Waals surface area contributed by atoms with Crippen molar-refractivity contribution in [1.82, 2.24) is 0 Å². The second-order valence-corrected chi connectivity index (χ2v) is 2.00. The molecule has 2 nitrogen and oxygen atoms in total. The third kappa shape index (κ3) is 10.4. The molecule has 0 aliphatic carbocycles. The molecule has 0 atom stereocenters. The Bertz CT molecular complexity index is 124. The SMILES string of the molecule is CC.CC(=C/N)/C=C(\N)S. The van der Waals surface area contributed by atoms with Crippen LogP contribution in [0.3, 0.4) is 0 Å². The van der Waals surface area contributed by atoms with E-state index in [0.29, 0.717) is 5.03 Å². The zero-order valence-electron chi connectivity index (χ0n) is 6.76. The zero-order chi connectivity index (χ0) is 8.57. The minimum Gasteiger partial charge on any atom is -0.404 e. The molecule has 3 heteroatoms. The molecule has 0 amide bonds. The lowest BCUT2D eigenvalue weighted by atomic mass is 10.3. The fourth-order valence-corrected chi connectivity index (χ4v) is 0.485. The minimum atomic E-state index is 0.476. The van der Waals surface area contributed by atoms with Crippen LogP contribution in [0, 0.1) is 0 Å². The minimum absolute atomic E-state index is 0.476. The molecule has 0 saturated heterocycles. The Morgan fingerprint density at radius 3 is 1.90 bits per heavy atom. The van der Waals surface area contributed by atoms with Crippen molar-refractivity contribution < 1.29 is 0 Å². The maximum absolute atomic E-state index is 5.20. The molecule has 0 aliphatic rings. The molecule has 0 bridgehead atoms. The van der Waals surface area contributed by atoms with Gasteiger partial charge in [-0.25, -0.2) is 0 Å². The van der Waals surface area contributed by atoms with E-state index in [1.165, 1.54) is 6.20 Å². The first-order valence-electron chi connectivity index (χ1n) is 3.21. The number of rotatable bonds is 1. The Balaban J connectivity index is 0. The summed E-state index contributed by atoms with van der Waals surface area (Å²) >= 11 is 3.83. The zero-order valence-corrected chi connectivity index (χ0v) is 7.65. The molecule has 0 heterocycles. The lowest BCUT2D eigenvalue weighted by Gasteiger charge is -1.88. The summed E-state index contributed by atoms with van der Waals surface area (Å²) in [6, 6.07) is 0. The summed E-state index contributed by atoms with van der Waals surface area (Å²) in [6.07, 6.45) is 3.16.